The first-order chi connectivity index (χ1) is 10.4. The SMILES string of the molecule is COc1cc(Br)ccc1/C=C(\C)C(=O)c1cc(Br)ccc1O. The smallest absolute Gasteiger partial charge is 0.192 e. The van der Waals surface area contributed by atoms with Crippen LogP contribution in [0.5, 0.6) is 11.5 Å². The van der Waals surface area contributed by atoms with Crippen LogP contribution >= 0.6 is 31.9 Å². The molecule has 114 valence electrons. The Hall–Kier alpha value is -1.59. The van der Waals surface area contributed by atoms with E-state index in [4.69, 9.17) is 4.74 Å². The van der Waals surface area contributed by atoms with Crippen molar-refractivity contribution in [1.82, 2.24) is 0 Å². The number of phenols is 1. The quantitative estimate of drug-likeness (QED) is 0.540. The summed E-state index contributed by atoms with van der Waals surface area (Å²) < 4.78 is 6.95. The number of aromatic hydroxyl groups is 1. The molecule has 0 aliphatic heterocycles. The summed E-state index contributed by atoms with van der Waals surface area (Å²) in [5, 5.41) is 9.86. The van der Waals surface area contributed by atoms with Crippen LogP contribution < -0.4 is 4.74 Å². The van der Waals surface area contributed by atoms with Crippen molar-refractivity contribution in [3.05, 3.63) is 62.0 Å². The highest BCUT2D eigenvalue weighted by Gasteiger charge is 2.14. The van der Waals surface area contributed by atoms with Gasteiger partial charge in [-0.3, -0.25) is 4.79 Å². The zero-order chi connectivity index (χ0) is 16.3. The first-order valence-electron chi connectivity index (χ1n) is 6.47. The molecule has 22 heavy (non-hydrogen) atoms. The van der Waals surface area contributed by atoms with Crippen molar-refractivity contribution < 1.29 is 14.6 Å². The molecule has 2 rings (SSSR count). The number of carbonyl (C=O) groups is 1. The Morgan fingerprint density at radius 3 is 2.45 bits per heavy atom. The van der Waals surface area contributed by atoms with Crippen LogP contribution in [0.1, 0.15) is 22.8 Å². The number of hydrogen-bond acceptors (Lipinski definition) is 3. The molecule has 0 aliphatic rings. The Bertz CT molecular complexity index is 752. The molecule has 3 nitrogen and oxygen atoms in total. The zero-order valence-electron chi connectivity index (χ0n) is 12.1. The van der Waals surface area contributed by atoms with Crippen LogP contribution in [0.2, 0.25) is 0 Å². The van der Waals surface area contributed by atoms with Gasteiger partial charge in [0.15, 0.2) is 5.78 Å². The lowest BCUT2D eigenvalue weighted by molar-refractivity contribution is 0.103. The molecule has 1 N–H and O–H groups in total. The Morgan fingerprint density at radius 2 is 1.77 bits per heavy atom. The van der Waals surface area contributed by atoms with Gasteiger partial charge in [0.05, 0.1) is 12.7 Å². The Kier molecular flexibility index (Phi) is 5.42. The monoisotopic (exact) mass is 424 g/mol. The molecule has 0 aromatic heterocycles. The lowest BCUT2D eigenvalue weighted by Crippen LogP contribution is -2.01. The number of carbonyl (C=O) groups excluding carboxylic acids is 1. The average molecular weight is 426 g/mol. The van der Waals surface area contributed by atoms with Gasteiger partial charge in [0.1, 0.15) is 11.5 Å². The average Bonchev–Trinajstić information content (AvgIpc) is 2.50. The first kappa shape index (κ1) is 16.8. The molecule has 0 heterocycles. The molecule has 0 amide bonds. The first-order valence-corrected chi connectivity index (χ1v) is 8.06. The maximum Gasteiger partial charge on any atom is 0.192 e. The fraction of sp³-hybridized carbons (Fsp3) is 0.118. The van der Waals surface area contributed by atoms with Crippen LogP contribution in [-0.2, 0) is 0 Å². The topological polar surface area (TPSA) is 46.5 Å². The second kappa shape index (κ2) is 7.11. The fourth-order valence-corrected chi connectivity index (χ4v) is 2.71. The van der Waals surface area contributed by atoms with Gasteiger partial charge in [0.2, 0.25) is 0 Å². The van der Waals surface area contributed by atoms with Crippen LogP contribution in [0.15, 0.2) is 50.9 Å². The summed E-state index contributed by atoms with van der Waals surface area (Å²) in [5.41, 5.74) is 1.57. The number of hydrogen-bond donors (Lipinski definition) is 1. The number of Topliss-reactive ketones (excluding diaryl/α,β-unsaturated/α-hetero) is 1. The largest absolute Gasteiger partial charge is 0.507 e. The second-order valence-corrected chi connectivity index (χ2v) is 6.54. The number of rotatable bonds is 4. The fourth-order valence-electron chi connectivity index (χ4n) is 2.01. The van der Waals surface area contributed by atoms with Crippen molar-refractivity contribution in [3.63, 3.8) is 0 Å². The minimum atomic E-state index is -0.233. The molecule has 0 bridgehead atoms. The highest BCUT2D eigenvalue weighted by atomic mass is 79.9. The van der Waals surface area contributed by atoms with Crippen LogP contribution in [0.4, 0.5) is 0 Å². The summed E-state index contributed by atoms with van der Waals surface area (Å²) in [5.74, 6) is 0.396. The molecule has 5 heteroatoms. The summed E-state index contributed by atoms with van der Waals surface area (Å²) in [7, 11) is 1.58. The maximum absolute atomic E-state index is 12.5. The minimum absolute atomic E-state index is 0.0382. The molecule has 0 unspecified atom stereocenters. The van der Waals surface area contributed by atoms with Crippen LogP contribution in [0.25, 0.3) is 6.08 Å². The molecule has 0 radical (unpaired) electrons. The molecule has 0 saturated heterocycles. The highest BCUT2D eigenvalue weighted by Crippen LogP contribution is 2.28. The summed E-state index contributed by atoms with van der Waals surface area (Å²) >= 11 is 6.68. The van der Waals surface area contributed by atoms with Gasteiger partial charge >= 0.3 is 0 Å². The van der Waals surface area contributed by atoms with Crippen molar-refractivity contribution in [2.24, 2.45) is 0 Å². The van der Waals surface area contributed by atoms with E-state index in [1.165, 1.54) is 6.07 Å². The molecule has 0 spiro atoms. The van der Waals surface area contributed by atoms with E-state index in [1.807, 2.05) is 18.2 Å². The van der Waals surface area contributed by atoms with Gasteiger partial charge in [-0.05, 0) is 48.9 Å². The standard InChI is InChI=1S/C17H14Br2O3/c1-10(7-11-3-4-13(19)9-16(11)22-2)17(21)14-8-12(18)5-6-15(14)20/h3-9,20H,1-2H3/b10-7+. The summed E-state index contributed by atoms with van der Waals surface area (Å²) in [6, 6.07) is 10.4. The Balaban J connectivity index is 2.40. The highest BCUT2D eigenvalue weighted by molar-refractivity contribution is 9.10. The molecule has 0 atom stereocenters. The molecule has 0 aliphatic carbocycles. The zero-order valence-corrected chi connectivity index (χ0v) is 15.2. The molecule has 2 aromatic rings. The molecule has 0 fully saturated rings. The van der Waals surface area contributed by atoms with Gasteiger partial charge in [0.25, 0.3) is 0 Å². The van der Waals surface area contributed by atoms with E-state index >= 15 is 0 Å². The molecule has 0 saturated carbocycles. The van der Waals surface area contributed by atoms with E-state index in [0.29, 0.717) is 11.3 Å². The van der Waals surface area contributed by atoms with E-state index in [-0.39, 0.29) is 17.1 Å². The number of allylic oxidation sites excluding steroid dienone is 1. The lowest BCUT2D eigenvalue weighted by atomic mass is 10.0. The minimum Gasteiger partial charge on any atom is -0.507 e. The van der Waals surface area contributed by atoms with Crippen molar-refractivity contribution in [3.8, 4) is 11.5 Å². The summed E-state index contributed by atoms with van der Waals surface area (Å²) in [6.45, 7) is 1.71. The van der Waals surface area contributed by atoms with Gasteiger partial charge in [-0.2, -0.15) is 0 Å². The van der Waals surface area contributed by atoms with Crippen LogP contribution in [-0.4, -0.2) is 18.0 Å². The van der Waals surface area contributed by atoms with Crippen LogP contribution in [0, 0.1) is 0 Å². The summed E-state index contributed by atoms with van der Waals surface area (Å²) in [4.78, 5) is 12.5. The third kappa shape index (κ3) is 3.78. The lowest BCUT2D eigenvalue weighted by Gasteiger charge is -2.08. The van der Waals surface area contributed by atoms with Crippen molar-refractivity contribution >= 4 is 43.7 Å². The van der Waals surface area contributed by atoms with E-state index in [1.54, 1.807) is 32.2 Å². The van der Waals surface area contributed by atoms with Gasteiger partial charge in [-0.1, -0.05) is 37.9 Å². The second-order valence-electron chi connectivity index (χ2n) is 4.70. The van der Waals surface area contributed by atoms with E-state index < -0.39 is 0 Å². The number of methoxy groups -OCH3 is 1. The van der Waals surface area contributed by atoms with Crippen LogP contribution in [0.3, 0.4) is 0 Å². The predicted octanol–water partition coefficient (Wildman–Crippen LogP) is 5.21. The third-order valence-corrected chi connectivity index (χ3v) is 4.12. The number of ketones is 1. The molecular weight excluding hydrogens is 412 g/mol. The Labute approximate surface area is 145 Å². The third-order valence-electron chi connectivity index (χ3n) is 3.13. The number of phenolic OH excluding ortho intramolecular Hbond substituents is 1. The number of ether oxygens (including phenoxy) is 1. The summed E-state index contributed by atoms with van der Waals surface area (Å²) in [6.07, 6.45) is 1.74. The van der Waals surface area contributed by atoms with Gasteiger partial charge in [0, 0.05) is 14.5 Å². The maximum atomic E-state index is 12.5. The van der Waals surface area contributed by atoms with Crippen molar-refractivity contribution in [2.75, 3.05) is 7.11 Å². The molecule has 2 aromatic carbocycles. The van der Waals surface area contributed by atoms with Gasteiger partial charge < -0.3 is 9.84 Å². The van der Waals surface area contributed by atoms with E-state index in [0.717, 1.165) is 14.5 Å². The van der Waals surface area contributed by atoms with E-state index in [9.17, 15) is 9.90 Å². The van der Waals surface area contributed by atoms with Crippen molar-refractivity contribution in [1.29, 1.82) is 0 Å². The van der Waals surface area contributed by atoms with Gasteiger partial charge in [-0.25, -0.2) is 0 Å². The normalized spacial score (nSPS) is 11.4. The van der Waals surface area contributed by atoms with E-state index in [2.05, 4.69) is 31.9 Å². The number of benzene rings is 2. The predicted molar refractivity (Wildman–Crippen MR) is 94.5 cm³/mol. The molecular formula is C17H14Br2O3. The van der Waals surface area contributed by atoms with Crippen molar-refractivity contribution in [2.45, 2.75) is 6.92 Å². The Morgan fingerprint density at radius 1 is 1.14 bits per heavy atom. The number of halogens is 2. The van der Waals surface area contributed by atoms with Gasteiger partial charge in [-0.15, -0.1) is 0 Å².